The molecule has 21 heavy (non-hydrogen) atoms. The summed E-state index contributed by atoms with van der Waals surface area (Å²) in [5.41, 5.74) is 1.69. The highest BCUT2D eigenvalue weighted by Crippen LogP contribution is 2.36. The van der Waals surface area contributed by atoms with Gasteiger partial charge in [0.25, 0.3) is 0 Å². The van der Waals surface area contributed by atoms with Gasteiger partial charge in [0.2, 0.25) is 0 Å². The van der Waals surface area contributed by atoms with Crippen molar-refractivity contribution in [3.05, 3.63) is 52.5 Å². The summed E-state index contributed by atoms with van der Waals surface area (Å²) in [6.45, 7) is -2.27. The summed E-state index contributed by atoms with van der Waals surface area (Å²) in [6.07, 6.45) is -0.250. The number of fused-ring (bicyclic) bond motifs is 1. The van der Waals surface area contributed by atoms with E-state index in [1.165, 1.54) is 6.07 Å². The zero-order valence-electron chi connectivity index (χ0n) is 10.9. The molecule has 1 atom stereocenters. The topological polar surface area (TPSA) is 30.5 Å². The van der Waals surface area contributed by atoms with E-state index in [-0.39, 0.29) is 11.9 Å². The monoisotopic (exact) mass is 355 g/mol. The summed E-state index contributed by atoms with van der Waals surface area (Å²) >= 11 is 3.40. The molecule has 3 rings (SSSR count). The Morgan fingerprint density at radius 3 is 2.90 bits per heavy atom. The summed E-state index contributed by atoms with van der Waals surface area (Å²) in [5, 5.41) is 3.27. The van der Waals surface area contributed by atoms with Gasteiger partial charge in [0, 0.05) is 4.47 Å². The second-order valence-electron chi connectivity index (χ2n) is 4.58. The van der Waals surface area contributed by atoms with E-state index in [0.29, 0.717) is 6.54 Å². The van der Waals surface area contributed by atoms with Crippen LogP contribution in [0.2, 0.25) is 0 Å². The van der Waals surface area contributed by atoms with Gasteiger partial charge >= 0.3 is 6.61 Å². The lowest BCUT2D eigenvalue weighted by Gasteiger charge is -2.28. The van der Waals surface area contributed by atoms with Gasteiger partial charge in [-0.1, -0.05) is 28.1 Å². The highest BCUT2D eigenvalue weighted by molar-refractivity contribution is 9.10. The van der Waals surface area contributed by atoms with Crippen molar-refractivity contribution < 1.29 is 18.3 Å². The predicted octanol–water partition coefficient (Wildman–Crippen LogP) is 4.60. The lowest BCUT2D eigenvalue weighted by atomic mass is 10.1. The molecule has 0 radical (unpaired) electrons. The van der Waals surface area contributed by atoms with Crippen molar-refractivity contribution in [3.63, 3.8) is 0 Å². The van der Waals surface area contributed by atoms with Crippen LogP contribution in [0.15, 0.2) is 46.9 Å². The Hall–Kier alpha value is -1.82. The Morgan fingerprint density at radius 1 is 1.24 bits per heavy atom. The zero-order valence-corrected chi connectivity index (χ0v) is 12.4. The molecule has 110 valence electrons. The molecule has 1 aliphatic heterocycles. The minimum absolute atomic E-state index is 0.132. The first-order valence-electron chi connectivity index (χ1n) is 6.36. The number of nitrogens with one attached hydrogen (secondary N) is 1. The van der Waals surface area contributed by atoms with Crippen LogP contribution in [0.1, 0.15) is 11.7 Å². The maximum absolute atomic E-state index is 12.3. The molecule has 2 aromatic carbocycles. The van der Waals surface area contributed by atoms with Crippen molar-refractivity contribution in [3.8, 4) is 11.5 Å². The van der Waals surface area contributed by atoms with Crippen molar-refractivity contribution in [1.82, 2.24) is 0 Å². The van der Waals surface area contributed by atoms with Crippen LogP contribution in [0.3, 0.4) is 0 Å². The van der Waals surface area contributed by atoms with Crippen LogP contribution in [0.4, 0.5) is 14.5 Å². The summed E-state index contributed by atoms with van der Waals surface area (Å²) in [4.78, 5) is 0. The first kappa shape index (κ1) is 14.1. The normalized spacial score (nSPS) is 16.9. The van der Waals surface area contributed by atoms with Crippen LogP contribution in [-0.4, -0.2) is 13.2 Å². The van der Waals surface area contributed by atoms with Gasteiger partial charge in [-0.15, -0.1) is 0 Å². The van der Waals surface area contributed by atoms with Gasteiger partial charge in [-0.3, -0.25) is 0 Å². The lowest BCUT2D eigenvalue weighted by Crippen LogP contribution is -2.23. The van der Waals surface area contributed by atoms with Crippen LogP contribution < -0.4 is 14.8 Å². The van der Waals surface area contributed by atoms with E-state index in [2.05, 4.69) is 26.0 Å². The van der Waals surface area contributed by atoms with E-state index >= 15 is 0 Å². The zero-order chi connectivity index (χ0) is 14.8. The number of alkyl halides is 2. The summed E-state index contributed by atoms with van der Waals surface area (Å²) < 4.78 is 35.8. The average molecular weight is 356 g/mol. The highest BCUT2D eigenvalue weighted by atomic mass is 79.9. The summed E-state index contributed by atoms with van der Waals surface area (Å²) in [7, 11) is 0. The molecule has 1 N–H and O–H groups in total. The van der Waals surface area contributed by atoms with Crippen LogP contribution in [0, 0.1) is 0 Å². The van der Waals surface area contributed by atoms with Crippen LogP contribution in [0.25, 0.3) is 0 Å². The third-order valence-corrected chi connectivity index (χ3v) is 3.64. The second-order valence-corrected chi connectivity index (χ2v) is 5.49. The minimum Gasteiger partial charge on any atom is -0.482 e. The van der Waals surface area contributed by atoms with Gasteiger partial charge in [-0.05, 0) is 35.9 Å². The minimum atomic E-state index is -2.83. The van der Waals surface area contributed by atoms with E-state index in [4.69, 9.17) is 4.74 Å². The molecule has 0 aliphatic carbocycles. The van der Waals surface area contributed by atoms with E-state index in [1.807, 2.05) is 24.3 Å². The summed E-state index contributed by atoms with van der Waals surface area (Å²) in [6, 6.07) is 12.3. The molecule has 0 saturated heterocycles. The molecule has 0 bridgehead atoms. The molecule has 0 fully saturated rings. The molecule has 0 amide bonds. The van der Waals surface area contributed by atoms with Crippen molar-refractivity contribution in [1.29, 1.82) is 0 Å². The smallest absolute Gasteiger partial charge is 0.387 e. The van der Waals surface area contributed by atoms with Crippen LogP contribution in [-0.2, 0) is 0 Å². The van der Waals surface area contributed by atoms with Crippen molar-refractivity contribution >= 4 is 21.6 Å². The van der Waals surface area contributed by atoms with Crippen molar-refractivity contribution in [2.45, 2.75) is 12.7 Å². The maximum Gasteiger partial charge on any atom is 0.387 e. The van der Waals surface area contributed by atoms with Crippen molar-refractivity contribution in [2.75, 3.05) is 11.9 Å². The number of hydrogen-bond donors (Lipinski definition) is 1. The maximum atomic E-state index is 12.3. The fourth-order valence-corrected chi connectivity index (χ4v) is 2.58. The predicted molar refractivity (Wildman–Crippen MR) is 79.1 cm³/mol. The molecule has 0 spiro atoms. The molecule has 6 heteroatoms. The Balaban J connectivity index is 1.81. The molecule has 1 heterocycles. The Kier molecular flexibility index (Phi) is 3.96. The highest BCUT2D eigenvalue weighted by Gasteiger charge is 2.21. The number of ether oxygens (including phenoxy) is 2. The first-order chi connectivity index (χ1) is 10.1. The van der Waals surface area contributed by atoms with Crippen LogP contribution in [0.5, 0.6) is 11.5 Å². The Bertz CT molecular complexity index is 651. The molecule has 2 aromatic rings. The number of anilines is 1. The fraction of sp³-hybridized carbons (Fsp3) is 0.200. The number of benzene rings is 2. The standard InChI is InChI=1S/C15H12BrF2NO2/c16-10-4-5-13-12(7-10)19-8-14(21-13)9-2-1-3-11(6-9)20-15(17)18/h1-7,14-15,19H,8H2. The van der Waals surface area contributed by atoms with E-state index in [9.17, 15) is 8.78 Å². The van der Waals surface area contributed by atoms with Gasteiger partial charge in [0.15, 0.2) is 0 Å². The van der Waals surface area contributed by atoms with Gasteiger partial charge < -0.3 is 14.8 Å². The first-order valence-corrected chi connectivity index (χ1v) is 7.16. The number of rotatable bonds is 3. The molecular weight excluding hydrogens is 344 g/mol. The molecular formula is C15H12BrF2NO2. The molecule has 1 aliphatic rings. The van der Waals surface area contributed by atoms with Gasteiger partial charge in [-0.25, -0.2) is 0 Å². The van der Waals surface area contributed by atoms with Gasteiger partial charge in [0.05, 0.1) is 12.2 Å². The van der Waals surface area contributed by atoms with E-state index in [1.54, 1.807) is 12.1 Å². The summed E-state index contributed by atoms with van der Waals surface area (Å²) in [5.74, 6) is 0.863. The average Bonchev–Trinajstić information content (AvgIpc) is 2.46. The number of hydrogen-bond acceptors (Lipinski definition) is 3. The van der Waals surface area contributed by atoms with Gasteiger partial charge in [0.1, 0.15) is 17.6 Å². The third kappa shape index (κ3) is 3.26. The Labute approximate surface area is 129 Å². The number of halogens is 3. The Morgan fingerprint density at radius 2 is 2.10 bits per heavy atom. The largest absolute Gasteiger partial charge is 0.482 e. The van der Waals surface area contributed by atoms with E-state index in [0.717, 1.165) is 21.5 Å². The van der Waals surface area contributed by atoms with Crippen molar-refractivity contribution in [2.24, 2.45) is 0 Å². The molecule has 1 unspecified atom stereocenters. The lowest BCUT2D eigenvalue weighted by molar-refractivity contribution is -0.0499. The van der Waals surface area contributed by atoms with Gasteiger partial charge in [-0.2, -0.15) is 8.78 Å². The quantitative estimate of drug-likeness (QED) is 0.872. The SMILES string of the molecule is FC(F)Oc1cccc(C2CNc3cc(Br)ccc3O2)c1. The fourth-order valence-electron chi connectivity index (χ4n) is 2.22. The van der Waals surface area contributed by atoms with E-state index < -0.39 is 6.61 Å². The van der Waals surface area contributed by atoms with Crippen LogP contribution >= 0.6 is 15.9 Å². The second kappa shape index (κ2) is 5.89. The molecule has 0 aromatic heterocycles. The molecule has 0 saturated carbocycles. The molecule has 3 nitrogen and oxygen atoms in total. The third-order valence-electron chi connectivity index (χ3n) is 3.14.